The first-order valence-corrected chi connectivity index (χ1v) is 4.19. The number of fused-ring (bicyclic) bond motifs is 1. The summed E-state index contributed by atoms with van der Waals surface area (Å²) in [6.45, 7) is 0. The second-order valence-corrected chi connectivity index (χ2v) is 3.05. The number of nitrogens with one attached hydrogen (secondary N) is 1. The summed E-state index contributed by atoms with van der Waals surface area (Å²) in [5.41, 5.74) is 0.911. The fourth-order valence-electron chi connectivity index (χ4n) is 1.08. The molecule has 2 aromatic rings. The van der Waals surface area contributed by atoms with Crippen LogP contribution in [0.25, 0.3) is 10.9 Å². The molecule has 0 fully saturated rings. The lowest BCUT2D eigenvalue weighted by atomic mass is 10.3. The molecule has 0 bridgehead atoms. The van der Waals surface area contributed by atoms with E-state index in [9.17, 15) is 0 Å². The van der Waals surface area contributed by atoms with Crippen molar-refractivity contribution in [3.63, 3.8) is 0 Å². The van der Waals surface area contributed by atoms with Crippen LogP contribution in [0.1, 0.15) is 0 Å². The van der Waals surface area contributed by atoms with Gasteiger partial charge in [-0.15, -0.1) is 0 Å². The molecular formula is C8H6BrN2O. The Morgan fingerprint density at radius 3 is 3.25 bits per heavy atom. The minimum atomic E-state index is 0.731. The zero-order valence-corrected chi connectivity index (χ0v) is 7.97. The molecule has 2 rings (SSSR count). The van der Waals surface area contributed by atoms with Crippen molar-refractivity contribution in [1.82, 2.24) is 9.97 Å². The summed E-state index contributed by atoms with van der Waals surface area (Å²) >= 11 is 3.32. The Bertz CT molecular complexity index is 410. The topological polar surface area (TPSA) is 37.9 Å². The standard InChI is InChI=1S/C8H6BrN2O/c1-12-6-4-11-8(9)7-5(6)2-3-10-7/h3-4,10H,1H3. The number of H-pyrrole nitrogens is 1. The van der Waals surface area contributed by atoms with E-state index in [-0.39, 0.29) is 0 Å². The summed E-state index contributed by atoms with van der Waals surface area (Å²) in [6, 6.07) is 3.03. The zero-order chi connectivity index (χ0) is 8.55. The van der Waals surface area contributed by atoms with Gasteiger partial charge in [0.15, 0.2) is 0 Å². The second kappa shape index (κ2) is 2.79. The Balaban J connectivity index is 2.82. The average molecular weight is 226 g/mol. The number of hydrogen-bond acceptors (Lipinski definition) is 2. The van der Waals surface area contributed by atoms with E-state index in [0.29, 0.717) is 0 Å². The van der Waals surface area contributed by atoms with Crippen LogP contribution >= 0.6 is 15.9 Å². The lowest BCUT2D eigenvalue weighted by molar-refractivity contribution is 0.418. The molecule has 2 aromatic heterocycles. The van der Waals surface area contributed by atoms with Gasteiger partial charge < -0.3 is 9.72 Å². The summed E-state index contributed by atoms with van der Waals surface area (Å²) in [6.07, 6.45) is 3.40. The van der Waals surface area contributed by atoms with Gasteiger partial charge in [-0.25, -0.2) is 4.98 Å². The van der Waals surface area contributed by atoms with Gasteiger partial charge in [-0.3, -0.25) is 0 Å². The summed E-state index contributed by atoms with van der Waals surface area (Å²) in [4.78, 5) is 7.11. The predicted octanol–water partition coefficient (Wildman–Crippen LogP) is 2.13. The molecule has 4 heteroatoms. The molecule has 61 valence electrons. The van der Waals surface area contributed by atoms with Crippen LogP contribution in [0.15, 0.2) is 17.0 Å². The van der Waals surface area contributed by atoms with Crippen LogP contribution in [-0.4, -0.2) is 17.1 Å². The molecule has 0 spiro atoms. The van der Waals surface area contributed by atoms with E-state index in [1.165, 1.54) is 0 Å². The van der Waals surface area contributed by atoms with Crippen molar-refractivity contribution < 1.29 is 4.74 Å². The van der Waals surface area contributed by atoms with Gasteiger partial charge in [0.2, 0.25) is 0 Å². The third-order valence-corrected chi connectivity index (χ3v) is 2.25. The van der Waals surface area contributed by atoms with Crippen LogP contribution in [-0.2, 0) is 0 Å². The molecule has 0 amide bonds. The van der Waals surface area contributed by atoms with Gasteiger partial charge in [0.25, 0.3) is 0 Å². The highest BCUT2D eigenvalue weighted by Gasteiger charge is 2.05. The van der Waals surface area contributed by atoms with Gasteiger partial charge in [-0.2, -0.15) is 0 Å². The molecule has 3 nitrogen and oxygen atoms in total. The minimum Gasteiger partial charge on any atom is -0.494 e. The molecule has 12 heavy (non-hydrogen) atoms. The first kappa shape index (κ1) is 7.61. The van der Waals surface area contributed by atoms with Crippen molar-refractivity contribution in [2.24, 2.45) is 0 Å². The van der Waals surface area contributed by atoms with Crippen LogP contribution in [0.5, 0.6) is 5.75 Å². The molecule has 0 aliphatic heterocycles. The van der Waals surface area contributed by atoms with E-state index >= 15 is 0 Å². The van der Waals surface area contributed by atoms with E-state index in [1.54, 1.807) is 19.5 Å². The van der Waals surface area contributed by atoms with Crippen molar-refractivity contribution in [2.45, 2.75) is 0 Å². The first-order chi connectivity index (χ1) is 5.83. The van der Waals surface area contributed by atoms with Crippen LogP contribution < -0.4 is 4.74 Å². The van der Waals surface area contributed by atoms with Gasteiger partial charge in [0.1, 0.15) is 10.4 Å². The summed E-state index contributed by atoms with van der Waals surface area (Å²) in [5.74, 6) is 0.731. The van der Waals surface area contributed by atoms with Crippen LogP contribution in [0.2, 0.25) is 0 Å². The first-order valence-electron chi connectivity index (χ1n) is 3.40. The minimum absolute atomic E-state index is 0.731. The highest BCUT2D eigenvalue weighted by atomic mass is 79.9. The Labute approximate surface area is 77.9 Å². The van der Waals surface area contributed by atoms with E-state index in [0.717, 1.165) is 21.3 Å². The molecule has 0 unspecified atom stereocenters. The Hall–Kier alpha value is -1.03. The van der Waals surface area contributed by atoms with E-state index < -0.39 is 0 Å². The van der Waals surface area contributed by atoms with E-state index in [1.807, 2.05) is 0 Å². The number of hydrogen-bond donors (Lipinski definition) is 1. The van der Waals surface area contributed by atoms with Gasteiger partial charge in [-0.05, 0) is 15.9 Å². The maximum absolute atomic E-state index is 5.11. The van der Waals surface area contributed by atoms with Crippen molar-refractivity contribution in [3.8, 4) is 5.75 Å². The molecular weight excluding hydrogens is 220 g/mol. The Kier molecular flexibility index (Phi) is 1.77. The van der Waals surface area contributed by atoms with Gasteiger partial charge in [0.05, 0.1) is 24.2 Å². The summed E-state index contributed by atoms with van der Waals surface area (Å²) < 4.78 is 5.88. The number of nitrogens with zero attached hydrogens (tertiary/aromatic N) is 1. The molecule has 0 aliphatic carbocycles. The Morgan fingerprint density at radius 2 is 2.50 bits per heavy atom. The van der Waals surface area contributed by atoms with E-state index in [2.05, 4.69) is 32.0 Å². The molecule has 0 aromatic carbocycles. The second-order valence-electron chi connectivity index (χ2n) is 2.30. The molecule has 0 atom stereocenters. The summed E-state index contributed by atoms with van der Waals surface area (Å²) in [7, 11) is 1.62. The largest absolute Gasteiger partial charge is 0.494 e. The van der Waals surface area contributed by atoms with Crippen LogP contribution in [0.4, 0.5) is 0 Å². The van der Waals surface area contributed by atoms with Gasteiger partial charge in [0, 0.05) is 12.3 Å². The zero-order valence-electron chi connectivity index (χ0n) is 6.39. The molecule has 1 N–H and O–H groups in total. The lowest BCUT2D eigenvalue weighted by Gasteiger charge is -2.00. The van der Waals surface area contributed by atoms with Crippen molar-refractivity contribution >= 4 is 26.8 Å². The quantitative estimate of drug-likeness (QED) is 0.756. The number of methoxy groups -OCH3 is 1. The smallest absolute Gasteiger partial charge is 0.147 e. The van der Waals surface area contributed by atoms with Crippen molar-refractivity contribution in [3.05, 3.63) is 23.1 Å². The SMILES string of the molecule is COc1cnc(Br)c2[nH]c[c]c12. The fourth-order valence-corrected chi connectivity index (χ4v) is 1.50. The van der Waals surface area contributed by atoms with E-state index in [4.69, 9.17) is 4.74 Å². The highest BCUT2D eigenvalue weighted by Crippen LogP contribution is 2.27. The number of pyridine rings is 1. The molecule has 0 saturated carbocycles. The highest BCUT2D eigenvalue weighted by molar-refractivity contribution is 9.10. The predicted molar refractivity (Wildman–Crippen MR) is 49.2 cm³/mol. The number of aromatic amines is 1. The summed E-state index contributed by atoms with van der Waals surface area (Å²) in [5, 5.41) is 0.916. The third-order valence-electron chi connectivity index (χ3n) is 1.65. The number of ether oxygens (including phenoxy) is 1. The molecule has 0 saturated heterocycles. The maximum Gasteiger partial charge on any atom is 0.147 e. The average Bonchev–Trinajstić information content (AvgIpc) is 2.54. The maximum atomic E-state index is 5.11. The molecule has 2 heterocycles. The van der Waals surface area contributed by atoms with Crippen LogP contribution in [0.3, 0.4) is 0 Å². The number of rotatable bonds is 1. The van der Waals surface area contributed by atoms with Gasteiger partial charge in [-0.1, -0.05) is 0 Å². The fraction of sp³-hybridized carbons (Fsp3) is 0.125. The normalized spacial score (nSPS) is 10.5. The van der Waals surface area contributed by atoms with Gasteiger partial charge >= 0.3 is 0 Å². The number of halogens is 1. The van der Waals surface area contributed by atoms with Crippen molar-refractivity contribution in [2.75, 3.05) is 7.11 Å². The molecule has 0 aliphatic rings. The number of aromatic nitrogens is 2. The van der Waals surface area contributed by atoms with Crippen LogP contribution in [0, 0.1) is 6.07 Å². The van der Waals surface area contributed by atoms with Crippen molar-refractivity contribution in [1.29, 1.82) is 0 Å². The third kappa shape index (κ3) is 0.992. The monoisotopic (exact) mass is 225 g/mol. The lowest BCUT2D eigenvalue weighted by Crippen LogP contribution is -1.86. The molecule has 1 radical (unpaired) electrons. The Morgan fingerprint density at radius 1 is 1.67 bits per heavy atom.